The molecule has 8 heteroatoms. The quantitative estimate of drug-likeness (QED) is 0.870. The van der Waals surface area contributed by atoms with Gasteiger partial charge in [-0.05, 0) is 0 Å². The second-order valence-electron chi connectivity index (χ2n) is 3.36. The molecule has 0 atom stereocenters. The molecule has 0 fully saturated rings. The first-order chi connectivity index (χ1) is 8.60. The Hall–Kier alpha value is -2.46. The average molecular weight is 263 g/mol. The third kappa shape index (κ3) is 2.44. The molecule has 0 spiro atoms. The Morgan fingerprint density at radius 3 is 3.00 bits per heavy atom. The number of nitrogens with zero attached hydrogens (tertiary/aromatic N) is 5. The van der Waals surface area contributed by atoms with Crippen LogP contribution >= 0.6 is 11.6 Å². The number of hydrogen-bond acceptors (Lipinski definition) is 5. The fourth-order valence-electron chi connectivity index (χ4n) is 1.29. The first-order valence-electron chi connectivity index (χ1n) is 4.83. The Balaban J connectivity index is 2.24. The van der Waals surface area contributed by atoms with Gasteiger partial charge in [-0.25, -0.2) is 4.98 Å². The summed E-state index contributed by atoms with van der Waals surface area (Å²) in [5, 5.41) is 15.4. The lowest BCUT2D eigenvalue weighted by Gasteiger charge is -2.01. The average Bonchev–Trinajstić information content (AvgIpc) is 2.69. The van der Waals surface area contributed by atoms with Crippen molar-refractivity contribution in [3.05, 3.63) is 35.0 Å². The molecule has 7 nitrogen and oxygen atoms in total. The van der Waals surface area contributed by atoms with Crippen LogP contribution in [0.15, 0.2) is 18.6 Å². The second-order valence-corrected chi connectivity index (χ2v) is 3.75. The summed E-state index contributed by atoms with van der Waals surface area (Å²) < 4.78 is 1.43. The number of nitriles is 1. The van der Waals surface area contributed by atoms with E-state index >= 15 is 0 Å². The number of nitrogens with one attached hydrogen (secondary N) is 1. The number of rotatable bonds is 2. The molecule has 0 aliphatic carbocycles. The third-order valence-electron chi connectivity index (χ3n) is 2.02. The van der Waals surface area contributed by atoms with E-state index in [-0.39, 0.29) is 22.2 Å². The third-order valence-corrected chi connectivity index (χ3v) is 2.20. The Morgan fingerprint density at radius 2 is 2.33 bits per heavy atom. The SMILES string of the molecule is Cn1cc(C#N)c(NC(=O)c2cncc(Cl)n2)n1. The number of hydrogen-bond donors (Lipinski definition) is 1. The minimum absolute atomic E-state index is 0.0528. The zero-order valence-corrected chi connectivity index (χ0v) is 10.0. The summed E-state index contributed by atoms with van der Waals surface area (Å²) in [4.78, 5) is 19.4. The zero-order chi connectivity index (χ0) is 13.1. The van der Waals surface area contributed by atoms with Crippen molar-refractivity contribution in [3.8, 4) is 6.07 Å². The zero-order valence-electron chi connectivity index (χ0n) is 9.25. The number of carbonyl (C=O) groups is 1. The molecule has 2 aromatic heterocycles. The van der Waals surface area contributed by atoms with Gasteiger partial charge >= 0.3 is 0 Å². The van der Waals surface area contributed by atoms with Crippen molar-refractivity contribution in [1.82, 2.24) is 19.7 Å². The summed E-state index contributed by atoms with van der Waals surface area (Å²) >= 11 is 5.63. The second kappa shape index (κ2) is 4.81. The van der Waals surface area contributed by atoms with Gasteiger partial charge in [0, 0.05) is 13.2 Å². The molecule has 0 unspecified atom stereocenters. The van der Waals surface area contributed by atoms with Gasteiger partial charge in [-0.2, -0.15) is 10.4 Å². The van der Waals surface area contributed by atoms with Crippen LogP contribution in [0.5, 0.6) is 0 Å². The lowest BCUT2D eigenvalue weighted by Crippen LogP contribution is -2.15. The largest absolute Gasteiger partial charge is 0.303 e. The molecule has 2 rings (SSSR count). The van der Waals surface area contributed by atoms with Gasteiger partial charge < -0.3 is 5.32 Å². The van der Waals surface area contributed by atoms with E-state index in [9.17, 15) is 4.79 Å². The highest BCUT2D eigenvalue weighted by Gasteiger charge is 2.14. The van der Waals surface area contributed by atoms with Crippen LogP contribution in [0.2, 0.25) is 5.15 Å². The summed E-state index contributed by atoms with van der Waals surface area (Å²) in [6.07, 6.45) is 4.09. The topological polar surface area (TPSA) is 96.5 Å². The highest BCUT2D eigenvalue weighted by molar-refractivity contribution is 6.29. The Bertz CT molecular complexity index is 644. The van der Waals surface area contributed by atoms with E-state index in [1.54, 1.807) is 7.05 Å². The van der Waals surface area contributed by atoms with Crippen molar-refractivity contribution < 1.29 is 4.79 Å². The molecule has 90 valence electrons. The Morgan fingerprint density at radius 1 is 1.56 bits per heavy atom. The Labute approximate surface area is 107 Å². The van der Waals surface area contributed by atoms with Crippen molar-refractivity contribution in [2.75, 3.05) is 5.32 Å². The number of anilines is 1. The normalized spacial score (nSPS) is 9.83. The van der Waals surface area contributed by atoms with Crippen LogP contribution in [0.1, 0.15) is 16.1 Å². The molecule has 0 saturated carbocycles. The molecule has 1 N–H and O–H groups in total. The molecular formula is C10H7ClN6O. The summed E-state index contributed by atoms with van der Waals surface area (Å²) in [5.74, 6) is -0.355. The minimum Gasteiger partial charge on any atom is -0.303 e. The molecule has 0 bridgehead atoms. The van der Waals surface area contributed by atoms with Gasteiger partial charge in [0.1, 0.15) is 22.5 Å². The summed E-state index contributed by atoms with van der Waals surface area (Å²) in [6.45, 7) is 0. The van der Waals surface area contributed by atoms with Crippen LogP contribution in [-0.2, 0) is 7.05 Å². The van der Waals surface area contributed by atoms with Crippen molar-refractivity contribution in [2.45, 2.75) is 0 Å². The summed E-state index contributed by atoms with van der Waals surface area (Å²) in [7, 11) is 1.65. The molecular weight excluding hydrogens is 256 g/mol. The van der Waals surface area contributed by atoms with Crippen LogP contribution in [0.25, 0.3) is 0 Å². The predicted octanol–water partition coefficient (Wildman–Crippen LogP) is 0.987. The number of carbonyl (C=O) groups excluding carboxylic acids is 1. The molecule has 0 radical (unpaired) electrons. The van der Waals surface area contributed by atoms with Gasteiger partial charge in [-0.1, -0.05) is 11.6 Å². The Kier molecular flexibility index (Phi) is 3.21. The van der Waals surface area contributed by atoms with Gasteiger partial charge in [0.2, 0.25) is 0 Å². The van der Waals surface area contributed by atoms with Crippen LogP contribution in [0, 0.1) is 11.3 Å². The lowest BCUT2D eigenvalue weighted by molar-refractivity contribution is 0.102. The number of aromatic nitrogens is 4. The predicted molar refractivity (Wildman–Crippen MR) is 62.9 cm³/mol. The van der Waals surface area contributed by atoms with Gasteiger partial charge in [0.25, 0.3) is 5.91 Å². The van der Waals surface area contributed by atoms with Crippen LogP contribution < -0.4 is 5.32 Å². The maximum absolute atomic E-state index is 11.8. The molecule has 0 aliphatic heterocycles. The fourth-order valence-corrected chi connectivity index (χ4v) is 1.43. The molecule has 0 aromatic carbocycles. The highest BCUT2D eigenvalue weighted by Crippen LogP contribution is 2.12. The molecule has 1 amide bonds. The van der Waals surface area contributed by atoms with Crippen LogP contribution in [-0.4, -0.2) is 25.7 Å². The van der Waals surface area contributed by atoms with E-state index in [0.29, 0.717) is 0 Å². The smallest absolute Gasteiger partial charge is 0.277 e. The van der Waals surface area contributed by atoms with Gasteiger partial charge in [0.05, 0.1) is 12.4 Å². The molecule has 0 saturated heterocycles. The van der Waals surface area contributed by atoms with Gasteiger partial charge in [-0.3, -0.25) is 14.5 Å². The summed E-state index contributed by atoms with van der Waals surface area (Å²) in [5.41, 5.74) is 0.317. The van der Waals surface area contributed by atoms with Crippen LogP contribution in [0.3, 0.4) is 0 Å². The van der Waals surface area contributed by atoms with Gasteiger partial charge in [-0.15, -0.1) is 0 Å². The van der Waals surface area contributed by atoms with Crippen molar-refractivity contribution in [3.63, 3.8) is 0 Å². The van der Waals surface area contributed by atoms with E-state index in [4.69, 9.17) is 16.9 Å². The number of amides is 1. The number of aryl methyl sites for hydroxylation is 1. The molecule has 0 aliphatic rings. The van der Waals surface area contributed by atoms with Gasteiger partial charge in [0.15, 0.2) is 5.82 Å². The number of halogens is 1. The lowest BCUT2D eigenvalue weighted by atomic mass is 10.3. The maximum atomic E-state index is 11.8. The van der Waals surface area contributed by atoms with E-state index in [1.807, 2.05) is 6.07 Å². The molecule has 2 aromatic rings. The minimum atomic E-state index is -0.528. The van der Waals surface area contributed by atoms with Crippen molar-refractivity contribution >= 4 is 23.3 Å². The molecule has 2 heterocycles. The maximum Gasteiger partial charge on any atom is 0.277 e. The first-order valence-corrected chi connectivity index (χ1v) is 5.20. The summed E-state index contributed by atoms with van der Waals surface area (Å²) in [6, 6.07) is 1.92. The molecule has 18 heavy (non-hydrogen) atoms. The van der Waals surface area contributed by atoms with E-state index in [1.165, 1.54) is 23.3 Å². The van der Waals surface area contributed by atoms with E-state index in [2.05, 4.69) is 20.4 Å². The van der Waals surface area contributed by atoms with Crippen molar-refractivity contribution in [2.24, 2.45) is 7.05 Å². The van der Waals surface area contributed by atoms with Crippen LogP contribution in [0.4, 0.5) is 5.82 Å². The monoisotopic (exact) mass is 262 g/mol. The fraction of sp³-hybridized carbons (Fsp3) is 0.100. The van der Waals surface area contributed by atoms with E-state index in [0.717, 1.165) is 0 Å². The first kappa shape index (κ1) is 12.0. The standard InChI is InChI=1S/C10H7ClN6O/c1-17-5-6(2-12)9(16-17)15-10(18)7-3-13-4-8(11)14-7/h3-5H,1H3,(H,15,16,18). The highest BCUT2D eigenvalue weighted by atomic mass is 35.5. The van der Waals surface area contributed by atoms with Crippen molar-refractivity contribution in [1.29, 1.82) is 5.26 Å². The van der Waals surface area contributed by atoms with E-state index < -0.39 is 5.91 Å².